The average Bonchev–Trinajstić information content (AvgIpc) is 2.84. The zero-order chi connectivity index (χ0) is 25.9. The lowest BCUT2D eigenvalue weighted by molar-refractivity contribution is 0.247. The Labute approximate surface area is 214 Å². The summed E-state index contributed by atoms with van der Waals surface area (Å²) in [6.45, 7) is 8.71. The van der Waals surface area contributed by atoms with Gasteiger partial charge in [0, 0.05) is 55.9 Å². The molecule has 0 saturated carbocycles. The van der Waals surface area contributed by atoms with E-state index in [9.17, 15) is 4.79 Å². The number of aromatic amines is 1. The SMILES string of the molecule is COc1ccc2[nH]c(=O)c(CN(Cc3ccc(N(C)C)cc3)Cc3ccc(C(C)(C)C)cc3)cc2c1. The van der Waals surface area contributed by atoms with Crippen molar-refractivity contribution in [3.05, 3.63) is 105 Å². The number of fused-ring (bicyclic) bond motifs is 1. The summed E-state index contributed by atoms with van der Waals surface area (Å²) in [4.78, 5) is 20.5. The first kappa shape index (κ1) is 25.5. The molecule has 0 aliphatic heterocycles. The second-order valence-corrected chi connectivity index (χ2v) is 10.7. The molecule has 0 aliphatic carbocycles. The van der Waals surface area contributed by atoms with Gasteiger partial charge in [0.2, 0.25) is 0 Å². The number of nitrogens with zero attached hydrogens (tertiary/aromatic N) is 2. The molecular weight excluding hydrogens is 446 g/mol. The molecule has 1 aromatic heterocycles. The maximum Gasteiger partial charge on any atom is 0.252 e. The Kier molecular flexibility index (Phi) is 7.51. The van der Waals surface area contributed by atoms with Gasteiger partial charge in [-0.2, -0.15) is 0 Å². The fraction of sp³-hybridized carbons (Fsp3) is 0.323. The van der Waals surface area contributed by atoms with Crippen LogP contribution in [0.5, 0.6) is 5.75 Å². The van der Waals surface area contributed by atoms with Gasteiger partial charge in [-0.3, -0.25) is 9.69 Å². The molecule has 0 radical (unpaired) electrons. The van der Waals surface area contributed by atoms with Gasteiger partial charge in [-0.25, -0.2) is 0 Å². The van der Waals surface area contributed by atoms with Gasteiger partial charge in [-0.1, -0.05) is 57.2 Å². The summed E-state index contributed by atoms with van der Waals surface area (Å²) >= 11 is 0. The van der Waals surface area contributed by atoms with Crippen LogP contribution in [0.1, 0.15) is 43.0 Å². The van der Waals surface area contributed by atoms with Crippen LogP contribution in [0.15, 0.2) is 77.6 Å². The molecule has 1 heterocycles. The Bertz CT molecular complexity index is 1360. The zero-order valence-corrected chi connectivity index (χ0v) is 22.3. The van der Waals surface area contributed by atoms with Crippen LogP contribution < -0.4 is 15.2 Å². The van der Waals surface area contributed by atoms with Crippen LogP contribution in [0.2, 0.25) is 0 Å². The normalized spacial score (nSPS) is 11.8. The molecule has 188 valence electrons. The second-order valence-electron chi connectivity index (χ2n) is 10.7. The Morgan fingerprint density at radius 2 is 1.42 bits per heavy atom. The number of pyridine rings is 1. The van der Waals surface area contributed by atoms with Gasteiger partial charge in [0.15, 0.2) is 0 Å². The number of nitrogens with one attached hydrogen (secondary N) is 1. The third-order valence-electron chi connectivity index (χ3n) is 6.61. The summed E-state index contributed by atoms with van der Waals surface area (Å²) in [6.07, 6.45) is 0. The number of ether oxygens (including phenoxy) is 1. The first-order valence-corrected chi connectivity index (χ1v) is 12.4. The van der Waals surface area contributed by atoms with Crippen LogP contribution in [0.4, 0.5) is 5.69 Å². The van der Waals surface area contributed by atoms with Crippen molar-refractivity contribution >= 4 is 16.6 Å². The molecule has 0 atom stereocenters. The van der Waals surface area contributed by atoms with Crippen LogP contribution in [0.3, 0.4) is 0 Å². The third-order valence-corrected chi connectivity index (χ3v) is 6.61. The standard InChI is InChI=1S/C31H37N3O2/c1-31(2,3)26-11-7-22(8-12-26)19-34(20-23-9-13-27(14-10-23)33(4)5)21-25-17-24-18-28(36-6)15-16-29(24)32-30(25)35/h7-18H,19-21H2,1-6H3,(H,32,35). The van der Waals surface area contributed by atoms with E-state index in [0.29, 0.717) is 6.54 Å². The van der Waals surface area contributed by atoms with Crippen LogP contribution in [0.25, 0.3) is 10.9 Å². The predicted octanol–water partition coefficient (Wildman–Crippen LogP) is 6.10. The molecule has 1 N–H and O–H groups in total. The van der Waals surface area contributed by atoms with Gasteiger partial charge in [-0.15, -0.1) is 0 Å². The fourth-order valence-corrected chi connectivity index (χ4v) is 4.41. The number of rotatable bonds is 8. The lowest BCUT2D eigenvalue weighted by Gasteiger charge is -2.24. The minimum Gasteiger partial charge on any atom is -0.497 e. The minimum atomic E-state index is -0.0521. The van der Waals surface area contributed by atoms with E-state index in [1.807, 2.05) is 38.4 Å². The highest BCUT2D eigenvalue weighted by Gasteiger charge is 2.15. The summed E-state index contributed by atoms with van der Waals surface area (Å²) in [5, 5.41) is 0.966. The molecule has 4 rings (SSSR count). The zero-order valence-electron chi connectivity index (χ0n) is 22.3. The molecule has 0 amide bonds. The molecule has 0 saturated heterocycles. The monoisotopic (exact) mass is 483 g/mol. The van der Waals surface area contributed by atoms with E-state index in [1.54, 1.807) is 7.11 Å². The van der Waals surface area contributed by atoms with E-state index < -0.39 is 0 Å². The molecule has 0 fully saturated rings. The Hall–Kier alpha value is -3.57. The van der Waals surface area contributed by atoms with E-state index in [-0.39, 0.29) is 11.0 Å². The number of hydrogen-bond acceptors (Lipinski definition) is 4. The van der Waals surface area contributed by atoms with Crippen molar-refractivity contribution < 1.29 is 4.74 Å². The number of anilines is 1. The highest BCUT2D eigenvalue weighted by Crippen LogP contribution is 2.24. The van der Waals surface area contributed by atoms with Gasteiger partial charge >= 0.3 is 0 Å². The lowest BCUT2D eigenvalue weighted by atomic mass is 9.87. The van der Waals surface area contributed by atoms with Crippen LogP contribution in [-0.2, 0) is 25.0 Å². The van der Waals surface area contributed by atoms with E-state index in [0.717, 1.165) is 35.3 Å². The predicted molar refractivity (Wildman–Crippen MR) is 150 cm³/mol. The van der Waals surface area contributed by atoms with Gasteiger partial charge in [0.05, 0.1) is 7.11 Å². The number of aromatic nitrogens is 1. The maximum atomic E-state index is 13.0. The van der Waals surface area contributed by atoms with Crippen LogP contribution in [0, 0.1) is 0 Å². The number of hydrogen-bond donors (Lipinski definition) is 1. The van der Waals surface area contributed by atoms with Crippen molar-refractivity contribution in [2.24, 2.45) is 0 Å². The summed E-state index contributed by atoms with van der Waals surface area (Å²) < 4.78 is 5.39. The quantitative estimate of drug-likeness (QED) is 0.329. The van der Waals surface area contributed by atoms with Crippen molar-refractivity contribution in [3.8, 4) is 5.75 Å². The van der Waals surface area contributed by atoms with Crippen LogP contribution in [-0.4, -0.2) is 31.1 Å². The first-order valence-electron chi connectivity index (χ1n) is 12.4. The third kappa shape index (κ3) is 6.16. The molecule has 5 heteroatoms. The fourth-order valence-electron chi connectivity index (χ4n) is 4.41. The lowest BCUT2D eigenvalue weighted by Crippen LogP contribution is -2.26. The van der Waals surface area contributed by atoms with Crippen molar-refractivity contribution in [2.75, 3.05) is 26.1 Å². The van der Waals surface area contributed by atoms with E-state index in [1.165, 1.54) is 22.4 Å². The van der Waals surface area contributed by atoms with Crippen molar-refractivity contribution in [2.45, 2.75) is 45.8 Å². The molecule has 0 aliphatic rings. The summed E-state index contributed by atoms with van der Waals surface area (Å²) in [7, 11) is 5.75. The van der Waals surface area contributed by atoms with E-state index >= 15 is 0 Å². The smallest absolute Gasteiger partial charge is 0.252 e. The summed E-state index contributed by atoms with van der Waals surface area (Å²) in [6, 6.07) is 25.2. The Morgan fingerprint density at radius 1 is 0.806 bits per heavy atom. The molecule has 0 bridgehead atoms. The summed E-state index contributed by atoms with van der Waals surface area (Å²) in [5.41, 5.74) is 6.55. The van der Waals surface area contributed by atoms with E-state index in [4.69, 9.17) is 4.74 Å². The minimum absolute atomic E-state index is 0.0521. The molecule has 36 heavy (non-hydrogen) atoms. The van der Waals surface area contributed by atoms with Crippen molar-refractivity contribution in [1.29, 1.82) is 0 Å². The van der Waals surface area contributed by atoms with Crippen molar-refractivity contribution in [3.63, 3.8) is 0 Å². The molecule has 5 nitrogen and oxygen atoms in total. The average molecular weight is 484 g/mol. The second kappa shape index (κ2) is 10.6. The van der Waals surface area contributed by atoms with Crippen molar-refractivity contribution in [1.82, 2.24) is 9.88 Å². The molecular formula is C31H37N3O2. The number of benzene rings is 3. The van der Waals surface area contributed by atoms with Gasteiger partial charge in [0.25, 0.3) is 5.56 Å². The van der Waals surface area contributed by atoms with Gasteiger partial charge < -0.3 is 14.6 Å². The maximum absolute atomic E-state index is 13.0. The molecule has 0 spiro atoms. The van der Waals surface area contributed by atoms with Gasteiger partial charge in [-0.05, 0) is 58.5 Å². The van der Waals surface area contributed by atoms with Crippen LogP contribution >= 0.6 is 0 Å². The molecule has 4 aromatic rings. The highest BCUT2D eigenvalue weighted by molar-refractivity contribution is 5.80. The van der Waals surface area contributed by atoms with E-state index in [2.05, 4.69) is 84.1 Å². The highest BCUT2D eigenvalue weighted by atomic mass is 16.5. The Balaban J connectivity index is 1.64. The molecule has 3 aromatic carbocycles. The largest absolute Gasteiger partial charge is 0.497 e. The topological polar surface area (TPSA) is 48.6 Å². The summed E-state index contributed by atoms with van der Waals surface area (Å²) in [5.74, 6) is 0.775. The van der Waals surface area contributed by atoms with Gasteiger partial charge in [0.1, 0.15) is 5.75 Å². The number of methoxy groups -OCH3 is 1. The Morgan fingerprint density at radius 3 is 1.97 bits per heavy atom. The first-order chi connectivity index (χ1) is 17.1. The molecule has 0 unspecified atom stereocenters. The number of H-pyrrole nitrogens is 1.